The quantitative estimate of drug-likeness (QED) is 0.173. The van der Waals surface area contributed by atoms with E-state index >= 15 is 0 Å². The highest BCUT2D eigenvalue weighted by Crippen LogP contribution is 2.27. The lowest BCUT2D eigenvalue weighted by atomic mass is 10.0. The number of benzene rings is 4. The molecule has 4 aromatic carbocycles. The molecule has 0 radical (unpaired) electrons. The number of nitriles is 1. The standard InChI is InChI=1S/C32H27ClN2O3/c1-2-37-31-19-24(12-13-26(31)20-25-10-6-7-11-30(25)33)18-27(21-34)32(36)35-28-14-16-29(17-15-28)38-22-23-8-4-3-5-9-23/h3-19H,2,20,22H2,1H3,(H,35,36)/b27-18+. The predicted octanol–water partition coefficient (Wildman–Crippen LogP) is 7.45. The molecule has 1 amide bonds. The number of halogens is 1. The van der Waals surface area contributed by atoms with E-state index in [1.807, 2.05) is 85.8 Å². The summed E-state index contributed by atoms with van der Waals surface area (Å²) in [5.41, 5.74) is 4.26. The Morgan fingerprint density at radius 1 is 0.921 bits per heavy atom. The second-order valence-corrected chi connectivity index (χ2v) is 8.90. The van der Waals surface area contributed by atoms with Gasteiger partial charge in [0.2, 0.25) is 0 Å². The lowest BCUT2D eigenvalue weighted by Gasteiger charge is -2.12. The van der Waals surface area contributed by atoms with Crippen LogP contribution in [0.2, 0.25) is 5.02 Å². The van der Waals surface area contributed by atoms with Gasteiger partial charge >= 0.3 is 0 Å². The van der Waals surface area contributed by atoms with Crippen LogP contribution in [0.15, 0.2) is 103 Å². The summed E-state index contributed by atoms with van der Waals surface area (Å²) in [6, 6.07) is 32.2. The lowest BCUT2D eigenvalue weighted by Crippen LogP contribution is -2.13. The van der Waals surface area contributed by atoms with Gasteiger partial charge in [-0.05, 0) is 71.7 Å². The van der Waals surface area contributed by atoms with Gasteiger partial charge in [0, 0.05) is 17.1 Å². The molecule has 0 atom stereocenters. The molecule has 0 bridgehead atoms. The first-order chi connectivity index (χ1) is 18.6. The number of nitrogens with zero attached hydrogens (tertiary/aromatic N) is 1. The normalized spacial score (nSPS) is 10.9. The third kappa shape index (κ3) is 7.25. The van der Waals surface area contributed by atoms with E-state index in [9.17, 15) is 10.1 Å². The number of amides is 1. The van der Waals surface area contributed by atoms with Gasteiger partial charge in [-0.15, -0.1) is 0 Å². The van der Waals surface area contributed by atoms with Crippen molar-refractivity contribution in [3.63, 3.8) is 0 Å². The Balaban J connectivity index is 1.44. The Morgan fingerprint density at radius 2 is 1.66 bits per heavy atom. The highest BCUT2D eigenvalue weighted by atomic mass is 35.5. The largest absolute Gasteiger partial charge is 0.494 e. The summed E-state index contributed by atoms with van der Waals surface area (Å²) in [6.07, 6.45) is 2.16. The number of carbonyl (C=O) groups excluding carboxylic acids is 1. The van der Waals surface area contributed by atoms with Crippen molar-refractivity contribution >= 4 is 29.3 Å². The van der Waals surface area contributed by atoms with Crippen molar-refractivity contribution in [1.29, 1.82) is 5.26 Å². The second kappa shape index (κ2) is 13.1. The molecule has 4 aromatic rings. The third-order valence-electron chi connectivity index (χ3n) is 5.77. The van der Waals surface area contributed by atoms with Gasteiger partial charge < -0.3 is 14.8 Å². The van der Waals surface area contributed by atoms with Crippen LogP contribution in [0.1, 0.15) is 29.2 Å². The van der Waals surface area contributed by atoms with Gasteiger partial charge in [0.1, 0.15) is 29.7 Å². The molecule has 38 heavy (non-hydrogen) atoms. The minimum atomic E-state index is -0.497. The van der Waals surface area contributed by atoms with Gasteiger partial charge in [-0.1, -0.05) is 72.3 Å². The molecule has 0 unspecified atom stereocenters. The van der Waals surface area contributed by atoms with Crippen LogP contribution in [0.3, 0.4) is 0 Å². The van der Waals surface area contributed by atoms with Gasteiger partial charge in [0.25, 0.3) is 5.91 Å². The zero-order valence-corrected chi connectivity index (χ0v) is 21.7. The smallest absolute Gasteiger partial charge is 0.266 e. The van der Waals surface area contributed by atoms with E-state index in [2.05, 4.69) is 5.32 Å². The first-order valence-electron chi connectivity index (χ1n) is 12.2. The van der Waals surface area contributed by atoms with E-state index in [-0.39, 0.29) is 5.57 Å². The number of nitrogens with one attached hydrogen (secondary N) is 1. The van der Waals surface area contributed by atoms with Crippen molar-refractivity contribution in [2.45, 2.75) is 20.0 Å². The van der Waals surface area contributed by atoms with E-state index < -0.39 is 5.91 Å². The first-order valence-corrected chi connectivity index (χ1v) is 12.6. The Hall–Kier alpha value is -4.53. The molecule has 0 heterocycles. The van der Waals surface area contributed by atoms with Gasteiger partial charge in [0.05, 0.1) is 6.61 Å². The monoisotopic (exact) mass is 522 g/mol. The van der Waals surface area contributed by atoms with Crippen molar-refractivity contribution < 1.29 is 14.3 Å². The molecule has 0 saturated carbocycles. The summed E-state index contributed by atoms with van der Waals surface area (Å²) in [7, 11) is 0. The van der Waals surface area contributed by atoms with Gasteiger partial charge in [0.15, 0.2) is 0 Å². The zero-order valence-electron chi connectivity index (χ0n) is 21.0. The Kier molecular flexibility index (Phi) is 9.17. The van der Waals surface area contributed by atoms with Crippen LogP contribution in [0, 0.1) is 11.3 Å². The Morgan fingerprint density at radius 3 is 2.37 bits per heavy atom. The van der Waals surface area contributed by atoms with Gasteiger partial charge in [-0.3, -0.25) is 4.79 Å². The highest BCUT2D eigenvalue weighted by molar-refractivity contribution is 6.31. The molecule has 0 aliphatic rings. The number of hydrogen-bond donors (Lipinski definition) is 1. The summed E-state index contributed by atoms with van der Waals surface area (Å²) >= 11 is 6.34. The van der Waals surface area contributed by atoms with Crippen LogP contribution in [0.5, 0.6) is 11.5 Å². The third-order valence-corrected chi connectivity index (χ3v) is 6.14. The maximum absolute atomic E-state index is 12.8. The van der Waals surface area contributed by atoms with E-state index in [1.165, 1.54) is 0 Å². The van der Waals surface area contributed by atoms with E-state index in [4.69, 9.17) is 21.1 Å². The van der Waals surface area contributed by atoms with Crippen LogP contribution in [0.4, 0.5) is 5.69 Å². The average molecular weight is 523 g/mol. The first kappa shape index (κ1) is 26.5. The summed E-state index contributed by atoms with van der Waals surface area (Å²) in [5, 5.41) is 13.1. The molecule has 0 aliphatic heterocycles. The fraction of sp³-hybridized carbons (Fsp3) is 0.125. The fourth-order valence-corrected chi connectivity index (χ4v) is 4.04. The molecule has 1 N–H and O–H groups in total. The molecule has 6 heteroatoms. The second-order valence-electron chi connectivity index (χ2n) is 8.49. The SMILES string of the molecule is CCOc1cc(/C=C(\C#N)C(=O)Nc2ccc(OCc3ccccc3)cc2)ccc1Cc1ccccc1Cl. The van der Waals surface area contributed by atoms with E-state index in [1.54, 1.807) is 30.3 Å². The van der Waals surface area contributed by atoms with Crippen molar-refractivity contribution in [2.75, 3.05) is 11.9 Å². The number of carbonyl (C=O) groups is 1. The average Bonchev–Trinajstić information content (AvgIpc) is 2.94. The van der Waals surface area contributed by atoms with Gasteiger partial charge in [-0.2, -0.15) is 5.26 Å². The predicted molar refractivity (Wildman–Crippen MR) is 151 cm³/mol. The number of ether oxygens (including phenoxy) is 2. The van der Waals surface area contributed by atoms with Crippen LogP contribution >= 0.6 is 11.6 Å². The molecular formula is C32H27ClN2O3. The van der Waals surface area contributed by atoms with E-state index in [0.29, 0.717) is 47.4 Å². The van der Waals surface area contributed by atoms with Crippen LogP contribution in [0.25, 0.3) is 6.08 Å². The van der Waals surface area contributed by atoms with Crippen molar-refractivity contribution in [3.8, 4) is 17.6 Å². The molecular weight excluding hydrogens is 496 g/mol. The molecule has 190 valence electrons. The fourth-order valence-electron chi connectivity index (χ4n) is 3.83. The van der Waals surface area contributed by atoms with Crippen LogP contribution in [-0.2, 0) is 17.8 Å². The maximum Gasteiger partial charge on any atom is 0.266 e. The maximum atomic E-state index is 12.8. The van der Waals surface area contributed by atoms with Crippen molar-refractivity contribution in [2.24, 2.45) is 0 Å². The highest BCUT2D eigenvalue weighted by Gasteiger charge is 2.12. The summed E-state index contributed by atoms with van der Waals surface area (Å²) in [4.78, 5) is 12.8. The lowest BCUT2D eigenvalue weighted by molar-refractivity contribution is -0.112. The number of hydrogen-bond acceptors (Lipinski definition) is 4. The minimum absolute atomic E-state index is 0.0179. The Labute approximate surface area is 227 Å². The van der Waals surface area contributed by atoms with Crippen molar-refractivity contribution in [3.05, 3.63) is 130 Å². The van der Waals surface area contributed by atoms with Crippen LogP contribution in [-0.4, -0.2) is 12.5 Å². The number of anilines is 1. The summed E-state index contributed by atoms with van der Waals surface area (Å²) < 4.78 is 11.6. The minimum Gasteiger partial charge on any atom is -0.494 e. The van der Waals surface area contributed by atoms with E-state index in [0.717, 1.165) is 16.7 Å². The number of rotatable bonds is 10. The molecule has 4 rings (SSSR count). The van der Waals surface area contributed by atoms with Crippen LogP contribution < -0.4 is 14.8 Å². The Bertz CT molecular complexity index is 1460. The van der Waals surface area contributed by atoms with Gasteiger partial charge in [-0.25, -0.2) is 0 Å². The summed E-state index contributed by atoms with van der Waals surface area (Å²) in [5.74, 6) is 0.872. The zero-order chi connectivity index (χ0) is 26.7. The molecule has 0 saturated heterocycles. The molecule has 0 aliphatic carbocycles. The van der Waals surface area contributed by atoms with Crippen molar-refractivity contribution in [1.82, 2.24) is 0 Å². The summed E-state index contributed by atoms with van der Waals surface area (Å²) in [6.45, 7) is 2.85. The molecule has 5 nitrogen and oxygen atoms in total. The molecule has 0 fully saturated rings. The molecule has 0 aromatic heterocycles. The molecule has 0 spiro atoms. The topological polar surface area (TPSA) is 71.3 Å².